The molecule has 1 saturated heterocycles. The molecule has 2 aromatic carbocycles. The Balaban J connectivity index is 1.39. The Hall–Kier alpha value is -3.95. The van der Waals surface area contributed by atoms with Crippen molar-refractivity contribution in [3.05, 3.63) is 93.2 Å². The van der Waals surface area contributed by atoms with Crippen molar-refractivity contribution in [2.75, 3.05) is 39.4 Å². The van der Waals surface area contributed by atoms with E-state index in [1.807, 2.05) is 24.3 Å². The van der Waals surface area contributed by atoms with Crippen LogP contribution in [0.2, 0.25) is 0 Å². The predicted molar refractivity (Wildman–Crippen MR) is 141 cm³/mol. The van der Waals surface area contributed by atoms with Crippen LogP contribution in [0.15, 0.2) is 59.7 Å². The van der Waals surface area contributed by atoms with E-state index in [1.54, 1.807) is 0 Å². The maximum absolute atomic E-state index is 11.9. The van der Waals surface area contributed by atoms with Gasteiger partial charge in [0, 0.05) is 56.2 Å². The molecular weight excluding hydrogens is 466 g/mol. The lowest BCUT2D eigenvalue weighted by atomic mass is 9.94. The summed E-state index contributed by atoms with van der Waals surface area (Å²) in [6.45, 7) is 5.47. The summed E-state index contributed by atoms with van der Waals surface area (Å²) in [6, 6.07) is 18.4. The average molecular weight is 498 g/mol. The second kappa shape index (κ2) is 13.4. The molecule has 8 heteroatoms. The summed E-state index contributed by atoms with van der Waals surface area (Å²) in [6.07, 6.45) is 2.25. The molecule has 2 heterocycles. The molecule has 1 unspecified atom stereocenters. The molecule has 3 N–H and O–H groups in total. The van der Waals surface area contributed by atoms with Crippen LogP contribution in [0.5, 0.6) is 5.75 Å². The zero-order valence-electron chi connectivity index (χ0n) is 20.7. The molecule has 0 amide bonds. The molecule has 0 radical (unpaired) electrons. The topological polar surface area (TPSA) is 114 Å². The number of aromatic amines is 1. The van der Waals surface area contributed by atoms with E-state index in [-0.39, 0.29) is 11.7 Å². The van der Waals surface area contributed by atoms with Gasteiger partial charge in [-0.3, -0.25) is 9.69 Å². The van der Waals surface area contributed by atoms with E-state index in [4.69, 9.17) is 10.00 Å². The summed E-state index contributed by atoms with van der Waals surface area (Å²) in [5.41, 5.74) is 3.96. The van der Waals surface area contributed by atoms with E-state index < -0.39 is 5.56 Å². The molecule has 0 saturated carbocycles. The first-order valence-corrected chi connectivity index (χ1v) is 12.5. The van der Waals surface area contributed by atoms with Gasteiger partial charge in [-0.1, -0.05) is 36.1 Å². The van der Waals surface area contributed by atoms with E-state index in [9.17, 15) is 9.90 Å². The summed E-state index contributed by atoms with van der Waals surface area (Å²) in [5, 5.41) is 22.2. The van der Waals surface area contributed by atoms with Crippen LogP contribution < -0.4 is 10.9 Å². The minimum absolute atomic E-state index is 0.228. The molecule has 1 atom stereocenters. The van der Waals surface area contributed by atoms with Gasteiger partial charge in [0.25, 0.3) is 5.56 Å². The quantitative estimate of drug-likeness (QED) is 0.307. The molecule has 1 fully saturated rings. The highest BCUT2D eigenvalue weighted by atomic mass is 16.5. The van der Waals surface area contributed by atoms with Gasteiger partial charge in [-0.15, -0.1) is 0 Å². The van der Waals surface area contributed by atoms with Gasteiger partial charge in [0.05, 0.1) is 31.3 Å². The fourth-order valence-electron chi connectivity index (χ4n) is 4.26. The highest BCUT2D eigenvalue weighted by Crippen LogP contribution is 2.23. The molecule has 0 aliphatic carbocycles. The van der Waals surface area contributed by atoms with E-state index in [2.05, 4.69) is 62.4 Å². The van der Waals surface area contributed by atoms with E-state index in [1.165, 1.54) is 11.9 Å². The maximum atomic E-state index is 11.9. The molecule has 37 heavy (non-hydrogen) atoms. The summed E-state index contributed by atoms with van der Waals surface area (Å²) in [4.78, 5) is 20.9. The fraction of sp³-hybridized carbons (Fsp3) is 0.345. The van der Waals surface area contributed by atoms with Gasteiger partial charge in [-0.2, -0.15) is 5.26 Å². The van der Waals surface area contributed by atoms with Gasteiger partial charge in [0.15, 0.2) is 0 Å². The zero-order chi connectivity index (χ0) is 25.9. The van der Waals surface area contributed by atoms with Gasteiger partial charge in [0.2, 0.25) is 5.75 Å². The molecular formula is C29H31N5O3. The lowest BCUT2D eigenvalue weighted by molar-refractivity contribution is 0.0342. The van der Waals surface area contributed by atoms with Crippen molar-refractivity contribution in [3.63, 3.8) is 0 Å². The number of nitriles is 1. The first kappa shape index (κ1) is 26.1. The number of H-pyrrole nitrogens is 1. The fourth-order valence-corrected chi connectivity index (χ4v) is 4.26. The number of morpholine rings is 1. The molecule has 4 rings (SSSR count). The highest BCUT2D eigenvalue weighted by molar-refractivity contribution is 5.44. The largest absolute Gasteiger partial charge is 0.502 e. The maximum Gasteiger partial charge on any atom is 0.293 e. The molecule has 3 aromatic rings. The predicted octanol–water partition coefficient (Wildman–Crippen LogP) is 2.54. The lowest BCUT2D eigenvalue weighted by Crippen LogP contribution is -2.35. The van der Waals surface area contributed by atoms with Crippen molar-refractivity contribution in [3.8, 4) is 23.7 Å². The van der Waals surface area contributed by atoms with Crippen LogP contribution in [-0.2, 0) is 17.7 Å². The number of nitrogens with zero attached hydrogens (tertiary/aromatic N) is 3. The van der Waals surface area contributed by atoms with Crippen LogP contribution in [-0.4, -0.2) is 59.4 Å². The van der Waals surface area contributed by atoms with Crippen LogP contribution in [0.3, 0.4) is 0 Å². The van der Waals surface area contributed by atoms with Crippen molar-refractivity contribution >= 4 is 0 Å². The van der Waals surface area contributed by atoms with Crippen LogP contribution in [0.4, 0.5) is 0 Å². The Bertz CT molecular complexity index is 1310. The minimum Gasteiger partial charge on any atom is -0.502 e. The Labute approximate surface area is 216 Å². The Morgan fingerprint density at radius 1 is 1.05 bits per heavy atom. The van der Waals surface area contributed by atoms with Gasteiger partial charge in [-0.05, 0) is 41.8 Å². The zero-order valence-corrected chi connectivity index (χ0v) is 20.7. The standard InChI is InChI=1S/C29H31N5O3/c30-12-1-13-31-19-26(27-28(35)29(36)33-21-32-27)18-24-8-4-22(5-9-24)2-3-23-6-10-25(11-7-23)20-34-14-16-37-17-15-34/h4-11,21,26,31,35H,1,13-20H2,(H,32,33,36). The third-order valence-electron chi connectivity index (χ3n) is 6.30. The van der Waals surface area contributed by atoms with Crippen molar-refractivity contribution in [2.24, 2.45) is 0 Å². The number of aromatic nitrogens is 2. The van der Waals surface area contributed by atoms with Gasteiger partial charge < -0.3 is 20.1 Å². The van der Waals surface area contributed by atoms with Crippen molar-refractivity contribution < 1.29 is 9.84 Å². The van der Waals surface area contributed by atoms with Crippen LogP contribution in [0, 0.1) is 23.2 Å². The first-order valence-electron chi connectivity index (χ1n) is 12.5. The van der Waals surface area contributed by atoms with E-state index >= 15 is 0 Å². The number of benzene rings is 2. The molecule has 1 aliphatic rings. The second-order valence-electron chi connectivity index (χ2n) is 9.01. The van der Waals surface area contributed by atoms with Crippen LogP contribution >= 0.6 is 0 Å². The SMILES string of the molecule is N#CCCNCC(Cc1ccc(C#Cc2ccc(CN3CCOCC3)cc2)cc1)c1nc[nH]c(=O)c1O. The normalized spacial score (nSPS) is 14.4. The van der Waals surface area contributed by atoms with Crippen molar-refractivity contribution in [1.82, 2.24) is 20.2 Å². The molecule has 1 aliphatic heterocycles. The summed E-state index contributed by atoms with van der Waals surface area (Å²) in [7, 11) is 0. The molecule has 0 spiro atoms. The first-order chi connectivity index (χ1) is 18.1. The smallest absolute Gasteiger partial charge is 0.293 e. The van der Waals surface area contributed by atoms with Gasteiger partial charge in [-0.25, -0.2) is 4.98 Å². The highest BCUT2D eigenvalue weighted by Gasteiger charge is 2.19. The van der Waals surface area contributed by atoms with Crippen LogP contribution in [0.25, 0.3) is 0 Å². The monoisotopic (exact) mass is 497 g/mol. The number of nitrogens with one attached hydrogen (secondary N) is 2. The minimum atomic E-state index is -0.563. The van der Waals surface area contributed by atoms with Crippen LogP contribution in [0.1, 0.15) is 40.3 Å². The Kier molecular flexibility index (Phi) is 9.45. The number of rotatable bonds is 9. The Morgan fingerprint density at radius 2 is 1.70 bits per heavy atom. The Morgan fingerprint density at radius 3 is 2.35 bits per heavy atom. The van der Waals surface area contributed by atoms with E-state index in [0.29, 0.717) is 31.6 Å². The van der Waals surface area contributed by atoms with Gasteiger partial charge in [0.1, 0.15) is 0 Å². The molecule has 1 aromatic heterocycles. The van der Waals surface area contributed by atoms with Crippen molar-refractivity contribution in [1.29, 1.82) is 5.26 Å². The molecule has 8 nitrogen and oxygen atoms in total. The number of ether oxygens (including phenoxy) is 1. The van der Waals surface area contributed by atoms with E-state index in [0.717, 1.165) is 49.5 Å². The summed E-state index contributed by atoms with van der Waals surface area (Å²) in [5.74, 6) is 5.86. The van der Waals surface area contributed by atoms with Crippen molar-refractivity contribution in [2.45, 2.75) is 25.3 Å². The van der Waals surface area contributed by atoms with Gasteiger partial charge >= 0.3 is 0 Å². The lowest BCUT2D eigenvalue weighted by Gasteiger charge is -2.26. The molecule has 190 valence electrons. The summed E-state index contributed by atoms with van der Waals surface area (Å²) >= 11 is 0. The third-order valence-corrected chi connectivity index (χ3v) is 6.30. The average Bonchev–Trinajstić information content (AvgIpc) is 2.93. The number of hydrogen-bond acceptors (Lipinski definition) is 7. The second-order valence-corrected chi connectivity index (χ2v) is 9.01. The summed E-state index contributed by atoms with van der Waals surface area (Å²) < 4.78 is 5.41. The number of aromatic hydroxyl groups is 1. The third kappa shape index (κ3) is 7.77. The number of hydrogen-bond donors (Lipinski definition) is 3. The molecule has 0 bridgehead atoms.